The molecule has 312 valence electrons. The lowest BCUT2D eigenvalue weighted by Crippen LogP contribution is -2.00. The molecule has 0 aromatic heterocycles. The summed E-state index contributed by atoms with van der Waals surface area (Å²) in [6.07, 6.45) is 1.21. The molecular weight excluding hydrogens is 777 g/mol. The molecule has 0 radical (unpaired) electrons. The van der Waals surface area contributed by atoms with Crippen molar-refractivity contribution < 1.29 is 37.9 Å². The SMILES string of the molecule is COc1ccc(C#C/C(Cc2ccc(C#Cc3cc(OC)c(OC)c(OC)c3)cc2)=C(\Cc2ccc(C#Cc3cc(OC)c(OC)c(OC)c3)cc2)c2ccc(OC)cc2)cc1. The largest absolute Gasteiger partial charge is 0.497 e. The molecule has 0 spiro atoms. The quantitative estimate of drug-likeness (QED) is 0.107. The second kappa shape index (κ2) is 21.4. The molecule has 0 aliphatic carbocycles. The van der Waals surface area contributed by atoms with E-state index in [0.29, 0.717) is 47.3 Å². The molecule has 0 saturated heterocycles. The van der Waals surface area contributed by atoms with Crippen LogP contribution in [0.15, 0.2) is 127 Å². The van der Waals surface area contributed by atoms with Gasteiger partial charge in [0.25, 0.3) is 0 Å². The number of hydrogen-bond donors (Lipinski definition) is 0. The maximum absolute atomic E-state index is 5.53. The van der Waals surface area contributed by atoms with Gasteiger partial charge in [-0.2, -0.15) is 0 Å². The van der Waals surface area contributed by atoms with Crippen LogP contribution < -0.4 is 37.9 Å². The van der Waals surface area contributed by atoms with E-state index in [1.54, 1.807) is 56.9 Å². The highest BCUT2D eigenvalue weighted by Gasteiger charge is 2.15. The van der Waals surface area contributed by atoms with Gasteiger partial charge in [0.15, 0.2) is 23.0 Å². The molecular formula is C54H48O8. The van der Waals surface area contributed by atoms with Crippen LogP contribution in [0.2, 0.25) is 0 Å². The minimum atomic E-state index is 0.522. The monoisotopic (exact) mass is 824 g/mol. The van der Waals surface area contributed by atoms with E-state index in [-0.39, 0.29) is 0 Å². The summed E-state index contributed by atoms with van der Waals surface area (Å²) in [5.41, 5.74) is 9.41. The minimum Gasteiger partial charge on any atom is -0.497 e. The van der Waals surface area contributed by atoms with Gasteiger partial charge < -0.3 is 37.9 Å². The number of allylic oxidation sites excluding steroid dienone is 2. The van der Waals surface area contributed by atoms with E-state index < -0.39 is 0 Å². The maximum Gasteiger partial charge on any atom is 0.203 e. The van der Waals surface area contributed by atoms with E-state index in [2.05, 4.69) is 71.9 Å². The highest BCUT2D eigenvalue weighted by Crippen LogP contribution is 2.39. The number of ether oxygens (including phenoxy) is 8. The Morgan fingerprint density at radius 3 is 1.10 bits per heavy atom. The first kappa shape index (κ1) is 43.7. The van der Waals surface area contributed by atoms with Gasteiger partial charge in [0, 0.05) is 39.8 Å². The number of benzene rings is 6. The van der Waals surface area contributed by atoms with Crippen molar-refractivity contribution in [2.24, 2.45) is 0 Å². The van der Waals surface area contributed by atoms with Crippen molar-refractivity contribution in [1.82, 2.24) is 0 Å². The van der Waals surface area contributed by atoms with Crippen LogP contribution in [-0.2, 0) is 12.8 Å². The predicted octanol–water partition coefficient (Wildman–Crippen LogP) is 9.85. The third-order valence-electron chi connectivity index (χ3n) is 9.95. The predicted molar refractivity (Wildman–Crippen MR) is 244 cm³/mol. The van der Waals surface area contributed by atoms with Crippen LogP contribution in [-0.4, -0.2) is 56.9 Å². The average molecular weight is 825 g/mol. The smallest absolute Gasteiger partial charge is 0.203 e. The van der Waals surface area contributed by atoms with Crippen molar-refractivity contribution >= 4 is 5.57 Å². The van der Waals surface area contributed by atoms with Crippen LogP contribution in [0.1, 0.15) is 44.5 Å². The molecule has 0 aliphatic rings. The van der Waals surface area contributed by atoms with E-state index >= 15 is 0 Å². The molecule has 6 aromatic rings. The molecule has 0 N–H and O–H groups in total. The Kier molecular flexibility index (Phi) is 15.1. The molecule has 0 heterocycles. The van der Waals surface area contributed by atoms with Gasteiger partial charge in [0.1, 0.15) is 11.5 Å². The van der Waals surface area contributed by atoms with Crippen molar-refractivity contribution in [3.05, 3.63) is 171 Å². The topological polar surface area (TPSA) is 73.8 Å². The summed E-state index contributed by atoms with van der Waals surface area (Å²) in [5.74, 6) is 24.8. The van der Waals surface area contributed by atoms with Crippen LogP contribution in [0.5, 0.6) is 46.0 Å². The van der Waals surface area contributed by atoms with Crippen molar-refractivity contribution in [3.63, 3.8) is 0 Å². The average Bonchev–Trinajstić information content (AvgIpc) is 3.33. The van der Waals surface area contributed by atoms with Gasteiger partial charge in [-0.15, -0.1) is 0 Å². The summed E-state index contributed by atoms with van der Waals surface area (Å²) >= 11 is 0. The Bertz CT molecular complexity index is 2650. The van der Waals surface area contributed by atoms with Crippen LogP contribution in [0.25, 0.3) is 5.57 Å². The van der Waals surface area contributed by atoms with E-state index in [4.69, 9.17) is 37.9 Å². The molecule has 62 heavy (non-hydrogen) atoms. The highest BCUT2D eigenvalue weighted by molar-refractivity contribution is 5.76. The van der Waals surface area contributed by atoms with Crippen molar-refractivity contribution in [2.45, 2.75) is 12.8 Å². The summed E-state index contributed by atoms with van der Waals surface area (Å²) in [7, 11) is 12.8. The number of methoxy groups -OCH3 is 8. The third-order valence-corrected chi connectivity index (χ3v) is 9.95. The zero-order valence-electron chi connectivity index (χ0n) is 36.2. The first-order valence-electron chi connectivity index (χ1n) is 19.7. The Morgan fingerprint density at radius 2 is 0.710 bits per heavy atom. The standard InChI is InChI=1S/C54H48O8/c1-55-46-27-22-39(23-28-46)21-24-45(31-40-15-9-37(10-16-40)13-19-42-33-49(57-3)53(61-7)50(34-42)58-4)48(44-25-29-47(56-2)30-26-44)32-41-17-11-38(12-18-41)14-20-43-35-51(59-5)54(62-8)52(36-43)60-6/h9-12,15-18,22-23,25-30,33-36H,31-32H2,1-8H3/b48-45-. The molecule has 8 heteroatoms. The summed E-state index contributed by atoms with van der Waals surface area (Å²) in [5, 5.41) is 0. The van der Waals surface area contributed by atoms with Crippen LogP contribution in [0, 0.1) is 35.5 Å². The van der Waals surface area contributed by atoms with Gasteiger partial charge >= 0.3 is 0 Å². The molecule has 8 nitrogen and oxygen atoms in total. The summed E-state index contributed by atoms with van der Waals surface area (Å²) in [6.45, 7) is 0. The Balaban J connectivity index is 1.36. The lowest BCUT2D eigenvalue weighted by atomic mass is 9.90. The van der Waals surface area contributed by atoms with Gasteiger partial charge in [0.2, 0.25) is 11.5 Å². The van der Waals surface area contributed by atoms with Gasteiger partial charge in [-0.05, 0) is 114 Å². The second-order valence-electron chi connectivity index (χ2n) is 13.7. The summed E-state index contributed by atoms with van der Waals surface area (Å²) in [4.78, 5) is 0. The molecule has 0 saturated carbocycles. The zero-order chi connectivity index (χ0) is 43.8. The van der Waals surface area contributed by atoms with Gasteiger partial charge in [-0.25, -0.2) is 0 Å². The van der Waals surface area contributed by atoms with Crippen molar-refractivity contribution in [1.29, 1.82) is 0 Å². The fraction of sp³-hybridized carbons (Fsp3) is 0.185. The normalized spacial score (nSPS) is 10.6. The fourth-order valence-corrected chi connectivity index (χ4v) is 6.64. The second-order valence-corrected chi connectivity index (χ2v) is 13.7. The van der Waals surface area contributed by atoms with Crippen molar-refractivity contribution in [3.8, 4) is 81.5 Å². The molecule has 0 aliphatic heterocycles. The van der Waals surface area contributed by atoms with E-state index in [1.165, 1.54) is 0 Å². The van der Waals surface area contributed by atoms with Gasteiger partial charge in [-0.3, -0.25) is 0 Å². The Hall–Kier alpha value is -7.86. The summed E-state index contributed by atoms with van der Waals surface area (Å²) < 4.78 is 43.9. The van der Waals surface area contributed by atoms with E-state index in [9.17, 15) is 0 Å². The Morgan fingerprint density at radius 1 is 0.355 bits per heavy atom. The molecule has 0 amide bonds. The zero-order valence-corrected chi connectivity index (χ0v) is 36.2. The van der Waals surface area contributed by atoms with Crippen LogP contribution in [0.3, 0.4) is 0 Å². The van der Waals surface area contributed by atoms with E-state index in [1.807, 2.05) is 84.9 Å². The molecule has 0 bridgehead atoms. The first-order chi connectivity index (χ1) is 30.3. The molecule has 0 fully saturated rings. The molecule has 0 atom stereocenters. The van der Waals surface area contributed by atoms with Gasteiger partial charge in [0.05, 0.1) is 56.9 Å². The number of rotatable bonds is 13. The van der Waals surface area contributed by atoms with Crippen molar-refractivity contribution in [2.75, 3.05) is 56.9 Å². The minimum absolute atomic E-state index is 0.522. The maximum atomic E-state index is 5.53. The summed E-state index contributed by atoms with van der Waals surface area (Å²) in [6, 6.07) is 39.8. The lowest BCUT2D eigenvalue weighted by molar-refractivity contribution is 0.324. The van der Waals surface area contributed by atoms with Gasteiger partial charge in [-0.1, -0.05) is 71.9 Å². The first-order valence-corrected chi connectivity index (χ1v) is 19.7. The number of hydrogen-bond acceptors (Lipinski definition) is 8. The third kappa shape index (κ3) is 11.0. The van der Waals surface area contributed by atoms with E-state index in [0.717, 1.165) is 67.2 Å². The lowest BCUT2D eigenvalue weighted by Gasteiger charge is -2.14. The molecule has 0 unspecified atom stereocenters. The van der Waals surface area contributed by atoms with Crippen LogP contribution >= 0.6 is 0 Å². The molecule has 6 rings (SSSR count). The Labute approximate surface area is 365 Å². The molecule has 6 aromatic carbocycles. The highest BCUT2D eigenvalue weighted by atomic mass is 16.5. The fourth-order valence-electron chi connectivity index (χ4n) is 6.64. The van der Waals surface area contributed by atoms with Crippen LogP contribution in [0.4, 0.5) is 0 Å².